The van der Waals surface area contributed by atoms with E-state index >= 15 is 0 Å². The molecule has 0 aliphatic carbocycles. The standard InChI is InChI=1S/C17H22N2O/c1-8-9(2)13-11(4)17(6,7)16-18-12(5)15(20)14(10(8)3)19(13)16/h20H,1-7H3. The molecule has 3 heteroatoms. The van der Waals surface area contributed by atoms with Gasteiger partial charge in [-0.15, -0.1) is 0 Å². The predicted molar refractivity (Wildman–Crippen MR) is 82.2 cm³/mol. The van der Waals surface area contributed by atoms with Crippen LogP contribution in [0.5, 0.6) is 0 Å². The van der Waals surface area contributed by atoms with E-state index in [-0.39, 0.29) is 5.41 Å². The van der Waals surface area contributed by atoms with E-state index in [1.165, 1.54) is 22.4 Å². The van der Waals surface area contributed by atoms with Gasteiger partial charge in [0, 0.05) is 5.41 Å². The third kappa shape index (κ3) is 1.28. The molecule has 0 unspecified atom stereocenters. The molecule has 0 spiro atoms. The Morgan fingerprint density at radius 1 is 0.900 bits per heavy atom. The van der Waals surface area contributed by atoms with Gasteiger partial charge < -0.3 is 5.11 Å². The van der Waals surface area contributed by atoms with Gasteiger partial charge in [-0.1, -0.05) is 0 Å². The van der Waals surface area contributed by atoms with Crippen molar-refractivity contribution >= 4 is 5.84 Å². The van der Waals surface area contributed by atoms with Gasteiger partial charge in [0.25, 0.3) is 0 Å². The van der Waals surface area contributed by atoms with Crippen molar-refractivity contribution in [3.63, 3.8) is 0 Å². The minimum Gasteiger partial charge on any atom is -0.504 e. The second kappa shape index (κ2) is 3.66. The molecule has 0 aromatic carbocycles. The number of hydrogen-bond donors (Lipinski definition) is 1. The van der Waals surface area contributed by atoms with Crippen molar-refractivity contribution in [3.8, 4) is 0 Å². The molecule has 0 atom stereocenters. The molecule has 0 aromatic rings. The summed E-state index contributed by atoms with van der Waals surface area (Å²) in [7, 11) is 0. The summed E-state index contributed by atoms with van der Waals surface area (Å²) in [6.07, 6.45) is 0. The van der Waals surface area contributed by atoms with Crippen LogP contribution in [0.15, 0.2) is 50.1 Å². The van der Waals surface area contributed by atoms with Gasteiger partial charge in [0.1, 0.15) is 5.84 Å². The fourth-order valence-corrected chi connectivity index (χ4v) is 3.34. The molecule has 1 N–H and O–H groups in total. The van der Waals surface area contributed by atoms with E-state index in [2.05, 4.69) is 51.4 Å². The molecule has 3 aliphatic heterocycles. The second-order valence-electron chi connectivity index (χ2n) is 6.53. The third-order valence-corrected chi connectivity index (χ3v) is 5.19. The second-order valence-corrected chi connectivity index (χ2v) is 6.53. The number of aliphatic hydroxyl groups is 1. The van der Waals surface area contributed by atoms with E-state index in [0.717, 1.165) is 17.1 Å². The summed E-state index contributed by atoms with van der Waals surface area (Å²) < 4.78 is 0. The lowest BCUT2D eigenvalue weighted by atomic mass is 9.85. The van der Waals surface area contributed by atoms with E-state index in [9.17, 15) is 5.11 Å². The maximum Gasteiger partial charge on any atom is 0.161 e. The molecule has 3 rings (SSSR count). The molecule has 0 fully saturated rings. The van der Waals surface area contributed by atoms with Gasteiger partial charge in [0.2, 0.25) is 0 Å². The van der Waals surface area contributed by atoms with E-state index in [1.807, 2.05) is 6.92 Å². The van der Waals surface area contributed by atoms with Crippen molar-refractivity contribution in [2.45, 2.75) is 48.5 Å². The minimum absolute atomic E-state index is 0.102. The Hall–Kier alpha value is -1.77. The highest BCUT2D eigenvalue weighted by Gasteiger charge is 2.48. The molecule has 0 saturated carbocycles. The van der Waals surface area contributed by atoms with Crippen LogP contribution in [-0.4, -0.2) is 15.8 Å². The molecule has 3 nitrogen and oxygen atoms in total. The normalized spacial score (nSPS) is 24.8. The van der Waals surface area contributed by atoms with E-state index in [0.29, 0.717) is 11.5 Å². The molecular formula is C17H22N2O. The Kier molecular flexibility index (Phi) is 2.42. The fraction of sp³-hybridized carbons (Fsp3) is 0.471. The number of aliphatic hydroxyl groups excluding tert-OH is 1. The summed E-state index contributed by atoms with van der Waals surface area (Å²) in [4.78, 5) is 6.84. The van der Waals surface area contributed by atoms with Crippen LogP contribution in [0.3, 0.4) is 0 Å². The number of amidine groups is 1. The van der Waals surface area contributed by atoms with Crippen LogP contribution in [-0.2, 0) is 0 Å². The van der Waals surface area contributed by atoms with Gasteiger partial charge in [-0.2, -0.15) is 0 Å². The first-order chi connectivity index (χ1) is 9.19. The first-order valence-corrected chi connectivity index (χ1v) is 7.09. The van der Waals surface area contributed by atoms with Crippen molar-refractivity contribution < 1.29 is 5.11 Å². The Labute approximate surface area is 120 Å². The monoisotopic (exact) mass is 270 g/mol. The van der Waals surface area contributed by atoms with Crippen molar-refractivity contribution in [2.24, 2.45) is 10.4 Å². The largest absolute Gasteiger partial charge is 0.504 e. The molecule has 20 heavy (non-hydrogen) atoms. The highest BCUT2D eigenvalue weighted by molar-refractivity contribution is 6.00. The summed E-state index contributed by atoms with van der Waals surface area (Å²) in [5, 5.41) is 10.5. The van der Waals surface area contributed by atoms with Crippen LogP contribution in [0.1, 0.15) is 48.5 Å². The molecule has 3 heterocycles. The van der Waals surface area contributed by atoms with Gasteiger partial charge in [-0.3, -0.25) is 4.90 Å². The van der Waals surface area contributed by atoms with Crippen LogP contribution in [0.2, 0.25) is 0 Å². The average molecular weight is 270 g/mol. The molecular weight excluding hydrogens is 248 g/mol. The van der Waals surface area contributed by atoms with E-state index < -0.39 is 0 Å². The van der Waals surface area contributed by atoms with E-state index in [1.54, 1.807) is 0 Å². The molecule has 106 valence electrons. The average Bonchev–Trinajstić information content (AvgIpc) is 2.57. The quantitative estimate of drug-likeness (QED) is 0.707. The zero-order chi connectivity index (χ0) is 15.0. The molecule has 0 amide bonds. The Bertz CT molecular complexity index is 697. The van der Waals surface area contributed by atoms with Crippen molar-refractivity contribution in [1.82, 2.24) is 4.90 Å². The summed E-state index contributed by atoms with van der Waals surface area (Å²) in [5.41, 5.74) is 7.73. The highest BCUT2D eigenvalue weighted by Crippen LogP contribution is 2.51. The zero-order valence-corrected chi connectivity index (χ0v) is 13.3. The van der Waals surface area contributed by atoms with Gasteiger partial charge >= 0.3 is 0 Å². The topological polar surface area (TPSA) is 35.8 Å². The minimum atomic E-state index is -0.102. The van der Waals surface area contributed by atoms with Crippen molar-refractivity contribution in [3.05, 3.63) is 45.1 Å². The zero-order valence-electron chi connectivity index (χ0n) is 13.3. The van der Waals surface area contributed by atoms with Crippen molar-refractivity contribution in [2.75, 3.05) is 0 Å². The number of hydrogen-bond acceptors (Lipinski definition) is 3. The molecule has 0 bridgehead atoms. The maximum atomic E-state index is 10.5. The number of rotatable bonds is 0. The van der Waals surface area contributed by atoms with E-state index in [4.69, 9.17) is 0 Å². The lowest BCUT2D eigenvalue weighted by Crippen LogP contribution is -2.38. The van der Waals surface area contributed by atoms with Crippen LogP contribution in [0.25, 0.3) is 0 Å². The predicted octanol–water partition coefficient (Wildman–Crippen LogP) is 4.43. The summed E-state index contributed by atoms with van der Waals surface area (Å²) in [6, 6.07) is 0. The fourth-order valence-electron chi connectivity index (χ4n) is 3.34. The first kappa shape index (κ1) is 13.2. The Morgan fingerprint density at radius 3 is 2.10 bits per heavy atom. The number of allylic oxidation sites excluding steroid dienone is 4. The summed E-state index contributed by atoms with van der Waals surface area (Å²) >= 11 is 0. The molecule has 0 aromatic heterocycles. The van der Waals surface area contributed by atoms with Crippen LogP contribution >= 0.6 is 0 Å². The maximum absolute atomic E-state index is 10.5. The van der Waals surface area contributed by atoms with Gasteiger partial charge in [-0.25, -0.2) is 4.99 Å². The molecule has 3 aliphatic rings. The summed E-state index contributed by atoms with van der Waals surface area (Å²) in [5.74, 6) is 1.34. The Morgan fingerprint density at radius 2 is 1.50 bits per heavy atom. The van der Waals surface area contributed by atoms with Crippen LogP contribution < -0.4 is 0 Å². The van der Waals surface area contributed by atoms with Crippen LogP contribution in [0.4, 0.5) is 0 Å². The number of aliphatic imine (C=N–C) groups is 1. The molecule has 0 saturated heterocycles. The smallest absolute Gasteiger partial charge is 0.161 e. The summed E-state index contributed by atoms with van der Waals surface area (Å²) in [6.45, 7) is 14.8. The van der Waals surface area contributed by atoms with Crippen LogP contribution in [0, 0.1) is 5.41 Å². The Balaban J connectivity index is 2.45. The molecule has 0 radical (unpaired) electrons. The first-order valence-electron chi connectivity index (χ1n) is 7.09. The highest BCUT2D eigenvalue weighted by atomic mass is 16.3. The lowest BCUT2D eigenvalue weighted by Gasteiger charge is -2.37. The van der Waals surface area contributed by atoms with Crippen molar-refractivity contribution in [1.29, 1.82) is 0 Å². The number of nitrogens with zero attached hydrogens (tertiary/aromatic N) is 2. The SMILES string of the molecule is CC1=C(O)C2=C(C)C(C)=C(C)C3=C(C)C(C)(C)C(=N1)N23. The lowest BCUT2D eigenvalue weighted by molar-refractivity contribution is 0.378. The van der Waals surface area contributed by atoms with Gasteiger partial charge in [0.15, 0.2) is 5.76 Å². The van der Waals surface area contributed by atoms with Gasteiger partial charge in [-0.05, 0) is 70.8 Å². The third-order valence-electron chi connectivity index (χ3n) is 5.19. The van der Waals surface area contributed by atoms with Gasteiger partial charge in [0.05, 0.1) is 17.1 Å².